The van der Waals surface area contributed by atoms with E-state index in [0.717, 1.165) is 5.69 Å². The van der Waals surface area contributed by atoms with Gasteiger partial charge >= 0.3 is 0 Å². The molecule has 0 bridgehead atoms. The van der Waals surface area contributed by atoms with Gasteiger partial charge in [-0.1, -0.05) is 0 Å². The van der Waals surface area contributed by atoms with E-state index in [4.69, 9.17) is 11.0 Å². The van der Waals surface area contributed by atoms with Crippen molar-refractivity contribution in [3.63, 3.8) is 0 Å². The molecule has 0 radical (unpaired) electrons. The van der Waals surface area contributed by atoms with Gasteiger partial charge in [0.15, 0.2) is 0 Å². The fourth-order valence-corrected chi connectivity index (χ4v) is 1.45. The molecular weight excluding hydrogens is 216 g/mol. The Morgan fingerprint density at radius 1 is 1.53 bits per heavy atom. The second kappa shape index (κ2) is 5.21. The summed E-state index contributed by atoms with van der Waals surface area (Å²) in [4.78, 5) is 13.2. The van der Waals surface area contributed by atoms with E-state index in [2.05, 4.69) is 5.32 Å². The molecule has 1 unspecified atom stereocenters. The average Bonchev–Trinajstić information content (AvgIpc) is 2.28. The highest BCUT2D eigenvalue weighted by atomic mass is 16.2. The molecule has 3 N–H and O–H groups in total. The van der Waals surface area contributed by atoms with Crippen LogP contribution in [-0.2, 0) is 4.79 Å². The second-order valence-electron chi connectivity index (χ2n) is 4.01. The second-order valence-corrected chi connectivity index (χ2v) is 4.01. The van der Waals surface area contributed by atoms with E-state index in [0.29, 0.717) is 11.3 Å². The van der Waals surface area contributed by atoms with Crippen LogP contribution >= 0.6 is 0 Å². The number of nitrogen functional groups attached to an aromatic ring is 1. The van der Waals surface area contributed by atoms with Crippen LogP contribution in [0.4, 0.5) is 11.4 Å². The van der Waals surface area contributed by atoms with Gasteiger partial charge in [0.1, 0.15) is 12.1 Å². The van der Waals surface area contributed by atoms with Crippen molar-refractivity contribution in [1.29, 1.82) is 5.26 Å². The van der Waals surface area contributed by atoms with E-state index in [9.17, 15) is 4.79 Å². The SMILES string of the molecule is CC(Nc1ccc(C#N)c(N)c1)C(=O)N(C)C. The van der Waals surface area contributed by atoms with E-state index in [1.807, 2.05) is 6.07 Å². The van der Waals surface area contributed by atoms with Gasteiger partial charge in [-0.2, -0.15) is 5.26 Å². The first-order chi connectivity index (χ1) is 7.95. The topological polar surface area (TPSA) is 82.1 Å². The zero-order chi connectivity index (χ0) is 13.0. The van der Waals surface area contributed by atoms with E-state index in [1.165, 1.54) is 4.90 Å². The first kappa shape index (κ1) is 12.8. The van der Waals surface area contributed by atoms with Crippen molar-refractivity contribution >= 4 is 17.3 Å². The van der Waals surface area contributed by atoms with E-state index < -0.39 is 0 Å². The van der Waals surface area contributed by atoms with Crippen molar-refractivity contribution in [3.05, 3.63) is 23.8 Å². The Balaban J connectivity index is 2.80. The molecule has 1 rings (SSSR count). The van der Waals surface area contributed by atoms with Crippen molar-refractivity contribution < 1.29 is 4.79 Å². The van der Waals surface area contributed by atoms with Crippen molar-refractivity contribution in [2.45, 2.75) is 13.0 Å². The number of nitrogens with two attached hydrogens (primary N) is 1. The van der Waals surface area contributed by atoms with E-state index in [-0.39, 0.29) is 11.9 Å². The summed E-state index contributed by atoms with van der Waals surface area (Å²) in [6, 6.07) is 6.66. The third-order valence-electron chi connectivity index (χ3n) is 2.37. The first-order valence-corrected chi connectivity index (χ1v) is 5.23. The largest absolute Gasteiger partial charge is 0.398 e. The van der Waals surface area contributed by atoms with Crippen LogP contribution in [0.1, 0.15) is 12.5 Å². The van der Waals surface area contributed by atoms with Crippen LogP contribution in [0.3, 0.4) is 0 Å². The van der Waals surface area contributed by atoms with Gasteiger partial charge in [-0.3, -0.25) is 4.79 Å². The highest BCUT2D eigenvalue weighted by Crippen LogP contribution is 2.18. The van der Waals surface area contributed by atoms with Crippen LogP contribution < -0.4 is 11.1 Å². The van der Waals surface area contributed by atoms with Crippen LogP contribution in [0, 0.1) is 11.3 Å². The zero-order valence-corrected chi connectivity index (χ0v) is 10.2. The lowest BCUT2D eigenvalue weighted by Crippen LogP contribution is -2.36. The molecule has 0 heterocycles. The Kier molecular flexibility index (Phi) is 3.94. The highest BCUT2D eigenvalue weighted by Gasteiger charge is 2.14. The molecule has 5 heteroatoms. The summed E-state index contributed by atoms with van der Waals surface area (Å²) in [6.07, 6.45) is 0. The standard InChI is InChI=1S/C12H16N4O/c1-8(12(17)16(2)3)15-10-5-4-9(7-13)11(14)6-10/h4-6,8,15H,14H2,1-3H3. The predicted octanol–water partition coefficient (Wildman–Crippen LogP) is 1.03. The minimum atomic E-state index is -0.336. The lowest BCUT2D eigenvalue weighted by molar-refractivity contribution is -0.129. The first-order valence-electron chi connectivity index (χ1n) is 5.23. The van der Waals surface area contributed by atoms with E-state index >= 15 is 0 Å². The zero-order valence-electron chi connectivity index (χ0n) is 10.2. The molecule has 5 nitrogen and oxygen atoms in total. The monoisotopic (exact) mass is 232 g/mol. The van der Waals surface area contributed by atoms with Gasteiger partial charge in [-0.15, -0.1) is 0 Å². The maximum Gasteiger partial charge on any atom is 0.244 e. The lowest BCUT2D eigenvalue weighted by Gasteiger charge is -2.19. The van der Waals surface area contributed by atoms with Crippen molar-refractivity contribution in [2.24, 2.45) is 0 Å². The van der Waals surface area contributed by atoms with Gasteiger partial charge < -0.3 is 16.0 Å². The molecule has 90 valence electrons. The number of benzene rings is 1. The Morgan fingerprint density at radius 2 is 2.18 bits per heavy atom. The Labute approximate surface area is 101 Å². The number of hydrogen-bond donors (Lipinski definition) is 2. The van der Waals surface area contributed by atoms with Crippen LogP contribution in [0.15, 0.2) is 18.2 Å². The van der Waals surface area contributed by atoms with Gasteiger partial charge in [-0.05, 0) is 25.1 Å². The third-order valence-corrected chi connectivity index (χ3v) is 2.37. The Morgan fingerprint density at radius 3 is 2.65 bits per heavy atom. The van der Waals surface area contributed by atoms with Gasteiger partial charge in [0, 0.05) is 19.8 Å². The fourth-order valence-electron chi connectivity index (χ4n) is 1.45. The molecule has 0 aliphatic heterocycles. The average molecular weight is 232 g/mol. The number of amides is 1. The number of nitrogens with one attached hydrogen (secondary N) is 1. The maximum atomic E-state index is 11.6. The number of nitriles is 1. The fraction of sp³-hybridized carbons (Fsp3) is 0.333. The Hall–Kier alpha value is -2.22. The number of carbonyl (C=O) groups excluding carboxylic acids is 1. The number of likely N-dealkylation sites (N-methyl/N-ethyl adjacent to an activating group) is 1. The van der Waals surface area contributed by atoms with E-state index in [1.54, 1.807) is 39.2 Å². The van der Waals surface area contributed by atoms with Crippen LogP contribution in [0.25, 0.3) is 0 Å². The number of nitrogens with zero attached hydrogens (tertiary/aromatic N) is 2. The van der Waals surface area contributed by atoms with Crippen LogP contribution in [-0.4, -0.2) is 30.9 Å². The van der Waals surface area contributed by atoms with Gasteiger partial charge in [0.2, 0.25) is 5.91 Å². The minimum absolute atomic E-state index is 0.0204. The molecule has 1 amide bonds. The number of carbonyl (C=O) groups is 1. The normalized spacial score (nSPS) is 11.4. The molecule has 0 aliphatic carbocycles. The lowest BCUT2D eigenvalue weighted by atomic mass is 10.1. The summed E-state index contributed by atoms with van der Waals surface area (Å²) < 4.78 is 0. The molecule has 0 aliphatic rings. The number of rotatable bonds is 3. The van der Waals surface area contributed by atoms with Crippen LogP contribution in [0.5, 0.6) is 0 Å². The molecule has 0 saturated carbocycles. The minimum Gasteiger partial charge on any atom is -0.398 e. The number of anilines is 2. The summed E-state index contributed by atoms with van der Waals surface area (Å²) in [7, 11) is 3.40. The smallest absolute Gasteiger partial charge is 0.244 e. The summed E-state index contributed by atoms with van der Waals surface area (Å²) >= 11 is 0. The summed E-state index contributed by atoms with van der Waals surface area (Å²) in [5.41, 5.74) is 7.25. The van der Waals surface area contributed by atoms with Gasteiger partial charge in [0.05, 0.1) is 11.3 Å². The molecule has 1 atom stereocenters. The molecular formula is C12H16N4O. The molecule has 1 aromatic rings. The molecule has 0 aromatic heterocycles. The van der Waals surface area contributed by atoms with Crippen molar-refractivity contribution in [3.8, 4) is 6.07 Å². The molecule has 17 heavy (non-hydrogen) atoms. The summed E-state index contributed by atoms with van der Waals surface area (Å²) in [5.74, 6) is -0.0204. The number of hydrogen-bond acceptors (Lipinski definition) is 4. The predicted molar refractivity (Wildman–Crippen MR) is 67.3 cm³/mol. The maximum absolute atomic E-state index is 11.6. The van der Waals surface area contributed by atoms with Crippen LogP contribution in [0.2, 0.25) is 0 Å². The van der Waals surface area contributed by atoms with Gasteiger partial charge in [0.25, 0.3) is 0 Å². The molecule has 1 aromatic carbocycles. The molecule has 0 saturated heterocycles. The molecule has 0 fully saturated rings. The Bertz CT molecular complexity index is 462. The van der Waals surface area contributed by atoms with Gasteiger partial charge in [-0.25, -0.2) is 0 Å². The summed E-state index contributed by atoms with van der Waals surface area (Å²) in [5, 5.41) is 11.8. The summed E-state index contributed by atoms with van der Waals surface area (Å²) in [6.45, 7) is 1.77. The third kappa shape index (κ3) is 3.11. The quantitative estimate of drug-likeness (QED) is 0.762. The van der Waals surface area contributed by atoms with Crippen molar-refractivity contribution in [1.82, 2.24) is 4.90 Å². The molecule has 0 spiro atoms. The highest BCUT2D eigenvalue weighted by molar-refractivity contribution is 5.84. The van der Waals surface area contributed by atoms with Crippen molar-refractivity contribution in [2.75, 3.05) is 25.1 Å².